The molecule has 0 aliphatic carbocycles. The molecule has 96 valence electrons. The van der Waals surface area contributed by atoms with E-state index in [9.17, 15) is 4.39 Å². The van der Waals surface area contributed by atoms with Crippen LogP contribution in [0.1, 0.15) is 11.1 Å². The minimum absolute atomic E-state index is 0.235. The van der Waals surface area contributed by atoms with Crippen molar-refractivity contribution in [3.63, 3.8) is 0 Å². The fourth-order valence-electron chi connectivity index (χ4n) is 2.40. The topological polar surface area (TPSA) is 30.9 Å². The Morgan fingerprint density at radius 2 is 1.84 bits per heavy atom. The van der Waals surface area contributed by atoms with Crippen molar-refractivity contribution >= 4 is 10.9 Å². The summed E-state index contributed by atoms with van der Waals surface area (Å²) < 4.78 is 15.4. The van der Waals surface area contributed by atoms with Gasteiger partial charge >= 0.3 is 0 Å². The first-order valence-corrected chi connectivity index (χ1v) is 6.29. The van der Waals surface area contributed by atoms with Crippen molar-refractivity contribution in [2.24, 2.45) is 5.73 Å². The van der Waals surface area contributed by atoms with E-state index >= 15 is 0 Å². The maximum absolute atomic E-state index is 13.2. The number of nitrogens with two attached hydrogens (primary N) is 1. The second kappa shape index (κ2) is 4.86. The van der Waals surface area contributed by atoms with Gasteiger partial charge in [0.25, 0.3) is 0 Å². The summed E-state index contributed by atoms with van der Waals surface area (Å²) >= 11 is 0. The molecular weight excluding hydrogens is 239 g/mol. The highest BCUT2D eigenvalue weighted by Gasteiger charge is 2.06. The molecule has 0 unspecified atom stereocenters. The highest BCUT2D eigenvalue weighted by molar-refractivity contribution is 5.80. The van der Waals surface area contributed by atoms with E-state index in [0.29, 0.717) is 13.1 Å². The van der Waals surface area contributed by atoms with Crippen molar-refractivity contribution in [2.75, 3.05) is 0 Å². The number of rotatable bonds is 3. The van der Waals surface area contributed by atoms with Crippen molar-refractivity contribution in [1.82, 2.24) is 4.57 Å². The van der Waals surface area contributed by atoms with E-state index in [4.69, 9.17) is 5.73 Å². The first-order chi connectivity index (χ1) is 9.28. The molecule has 1 heterocycles. The number of para-hydroxylation sites is 1. The van der Waals surface area contributed by atoms with Crippen LogP contribution in [-0.2, 0) is 13.1 Å². The predicted octanol–water partition coefficient (Wildman–Crippen LogP) is 3.29. The van der Waals surface area contributed by atoms with Gasteiger partial charge in [-0.05, 0) is 40.8 Å². The normalized spacial score (nSPS) is 11.1. The van der Waals surface area contributed by atoms with Crippen LogP contribution < -0.4 is 5.73 Å². The van der Waals surface area contributed by atoms with Gasteiger partial charge in [0, 0.05) is 24.8 Å². The number of nitrogens with zero attached hydrogens (tertiary/aromatic N) is 1. The minimum Gasteiger partial charge on any atom is -0.343 e. The fraction of sp³-hybridized carbons (Fsp3) is 0.125. The van der Waals surface area contributed by atoms with E-state index < -0.39 is 0 Å². The molecular formula is C16H15FN2. The van der Waals surface area contributed by atoms with Crippen molar-refractivity contribution in [3.05, 3.63) is 71.7 Å². The molecule has 2 N–H and O–H groups in total. The summed E-state index contributed by atoms with van der Waals surface area (Å²) in [6, 6.07) is 15.1. The Hall–Kier alpha value is -2.13. The summed E-state index contributed by atoms with van der Waals surface area (Å²) in [5.41, 5.74) is 8.78. The number of hydrogen-bond acceptors (Lipinski definition) is 1. The zero-order chi connectivity index (χ0) is 13.2. The Morgan fingerprint density at radius 1 is 1.00 bits per heavy atom. The quantitative estimate of drug-likeness (QED) is 0.764. The Bertz CT molecular complexity index is 716. The minimum atomic E-state index is -0.235. The maximum atomic E-state index is 13.2. The van der Waals surface area contributed by atoms with E-state index in [1.165, 1.54) is 23.0 Å². The molecule has 2 aromatic carbocycles. The number of halogens is 1. The highest BCUT2D eigenvalue weighted by Crippen LogP contribution is 2.19. The Kier molecular flexibility index (Phi) is 3.05. The third-order valence-corrected chi connectivity index (χ3v) is 3.41. The van der Waals surface area contributed by atoms with Crippen LogP contribution in [0.5, 0.6) is 0 Å². The molecule has 0 aliphatic heterocycles. The van der Waals surface area contributed by atoms with Crippen molar-refractivity contribution in [3.8, 4) is 0 Å². The van der Waals surface area contributed by atoms with E-state index in [-0.39, 0.29) is 5.82 Å². The predicted molar refractivity (Wildman–Crippen MR) is 75.3 cm³/mol. The average Bonchev–Trinajstić information content (AvgIpc) is 2.84. The van der Waals surface area contributed by atoms with Crippen LogP contribution in [0.3, 0.4) is 0 Å². The molecule has 0 radical (unpaired) electrons. The van der Waals surface area contributed by atoms with Gasteiger partial charge in [0.1, 0.15) is 5.82 Å². The lowest BCUT2D eigenvalue weighted by molar-refractivity contribution is 0.623. The number of aromatic nitrogens is 1. The standard InChI is InChI=1S/C16H15FN2/c17-15-6-5-13(14(9-15)10-18)11-19-8-7-12-3-1-2-4-16(12)19/h1-9H,10-11,18H2. The van der Waals surface area contributed by atoms with E-state index in [1.807, 2.05) is 24.4 Å². The molecule has 0 atom stereocenters. The third kappa shape index (κ3) is 2.25. The molecule has 0 amide bonds. The molecule has 3 rings (SSSR count). The van der Waals surface area contributed by atoms with Crippen molar-refractivity contribution in [1.29, 1.82) is 0 Å². The molecule has 19 heavy (non-hydrogen) atoms. The monoisotopic (exact) mass is 254 g/mol. The first-order valence-electron chi connectivity index (χ1n) is 6.29. The van der Waals surface area contributed by atoms with Gasteiger partial charge in [-0.3, -0.25) is 0 Å². The SMILES string of the molecule is NCc1cc(F)ccc1Cn1ccc2ccccc21. The molecule has 0 saturated carbocycles. The highest BCUT2D eigenvalue weighted by atomic mass is 19.1. The van der Waals surface area contributed by atoms with Gasteiger partial charge in [-0.2, -0.15) is 0 Å². The van der Waals surface area contributed by atoms with Gasteiger partial charge in [-0.25, -0.2) is 4.39 Å². The van der Waals surface area contributed by atoms with E-state index in [0.717, 1.165) is 11.1 Å². The average molecular weight is 254 g/mol. The molecule has 2 nitrogen and oxygen atoms in total. The van der Waals surface area contributed by atoms with Crippen LogP contribution in [0.2, 0.25) is 0 Å². The Morgan fingerprint density at radius 3 is 2.68 bits per heavy atom. The van der Waals surface area contributed by atoms with Gasteiger partial charge in [-0.1, -0.05) is 24.3 Å². The van der Waals surface area contributed by atoms with Gasteiger partial charge in [-0.15, -0.1) is 0 Å². The number of fused-ring (bicyclic) bond motifs is 1. The van der Waals surface area contributed by atoms with E-state index in [1.54, 1.807) is 0 Å². The van der Waals surface area contributed by atoms with Crippen LogP contribution in [0.4, 0.5) is 4.39 Å². The fourth-order valence-corrected chi connectivity index (χ4v) is 2.40. The maximum Gasteiger partial charge on any atom is 0.123 e. The van der Waals surface area contributed by atoms with E-state index in [2.05, 4.69) is 22.8 Å². The van der Waals surface area contributed by atoms with Crippen molar-refractivity contribution in [2.45, 2.75) is 13.1 Å². The van der Waals surface area contributed by atoms with Crippen LogP contribution in [0.25, 0.3) is 10.9 Å². The molecule has 3 heteroatoms. The lowest BCUT2D eigenvalue weighted by Crippen LogP contribution is -2.06. The molecule has 0 saturated heterocycles. The number of benzene rings is 2. The molecule has 0 spiro atoms. The first kappa shape index (κ1) is 11.9. The summed E-state index contributed by atoms with van der Waals surface area (Å²) in [6.07, 6.45) is 2.05. The van der Waals surface area contributed by atoms with Gasteiger partial charge in [0.2, 0.25) is 0 Å². The Labute approximate surface area is 111 Å². The largest absolute Gasteiger partial charge is 0.343 e. The summed E-state index contributed by atoms with van der Waals surface area (Å²) in [4.78, 5) is 0. The molecule has 0 bridgehead atoms. The zero-order valence-electron chi connectivity index (χ0n) is 10.5. The smallest absolute Gasteiger partial charge is 0.123 e. The zero-order valence-corrected chi connectivity index (χ0v) is 10.5. The Balaban J connectivity index is 2.01. The second-order valence-corrected chi connectivity index (χ2v) is 4.62. The van der Waals surface area contributed by atoms with Crippen LogP contribution >= 0.6 is 0 Å². The van der Waals surface area contributed by atoms with Gasteiger partial charge in [0.05, 0.1) is 0 Å². The summed E-state index contributed by atoms with van der Waals surface area (Å²) in [5.74, 6) is -0.235. The van der Waals surface area contributed by atoms with Crippen molar-refractivity contribution < 1.29 is 4.39 Å². The molecule has 0 aliphatic rings. The molecule has 0 fully saturated rings. The lowest BCUT2D eigenvalue weighted by Gasteiger charge is -2.10. The molecule has 3 aromatic rings. The molecule has 1 aromatic heterocycles. The lowest BCUT2D eigenvalue weighted by atomic mass is 10.1. The van der Waals surface area contributed by atoms with Crippen LogP contribution in [0, 0.1) is 5.82 Å². The third-order valence-electron chi connectivity index (χ3n) is 3.41. The van der Waals surface area contributed by atoms with Crippen LogP contribution in [0.15, 0.2) is 54.7 Å². The summed E-state index contributed by atoms with van der Waals surface area (Å²) in [6.45, 7) is 1.06. The number of hydrogen-bond donors (Lipinski definition) is 1. The van der Waals surface area contributed by atoms with Crippen LogP contribution in [-0.4, -0.2) is 4.57 Å². The summed E-state index contributed by atoms with van der Waals surface area (Å²) in [7, 11) is 0. The van der Waals surface area contributed by atoms with Gasteiger partial charge < -0.3 is 10.3 Å². The summed E-state index contributed by atoms with van der Waals surface area (Å²) in [5, 5.41) is 1.21. The second-order valence-electron chi connectivity index (χ2n) is 4.62. The van der Waals surface area contributed by atoms with Gasteiger partial charge in [0.15, 0.2) is 0 Å².